The Hall–Kier alpha value is -2.93. The molecule has 1 aliphatic heterocycles. The molecule has 0 radical (unpaired) electrons. The number of hydrogen-bond donors (Lipinski definition) is 2. The van der Waals surface area contributed by atoms with Crippen LogP contribution in [0.2, 0.25) is 5.15 Å². The van der Waals surface area contributed by atoms with E-state index in [4.69, 9.17) is 11.6 Å². The van der Waals surface area contributed by atoms with Crippen molar-refractivity contribution in [2.24, 2.45) is 0 Å². The number of benzene rings is 1. The van der Waals surface area contributed by atoms with Gasteiger partial charge in [-0.25, -0.2) is 9.78 Å². The van der Waals surface area contributed by atoms with Crippen molar-refractivity contribution in [3.05, 3.63) is 58.9 Å². The van der Waals surface area contributed by atoms with E-state index in [0.717, 1.165) is 10.5 Å². The van der Waals surface area contributed by atoms with Crippen LogP contribution in [0.5, 0.6) is 0 Å². The number of aromatic nitrogens is 1. The molecule has 1 atom stereocenters. The summed E-state index contributed by atoms with van der Waals surface area (Å²) in [4.78, 5) is 42.4. The first kappa shape index (κ1) is 19.8. The highest BCUT2D eigenvalue weighted by Crippen LogP contribution is 2.30. The van der Waals surface area contributed by atoms with E-state index in [1.54, 1.807) is 19.1 Å². The third-order valence-corrected chi connectivity index (χ3v) is 5.07. The molecule has 146 valence electrons. The van der Waals surface area contributed by atoms with Gasteiger partial charge in [0, 0.05) is 6.20 Å². The van der Waals surface area contributed by atoms with Gasteiger partial charge in [0.25, 0.3) is 5.91 Å². The molecule has 2 N–H and O–H groups in total. The van der Waals surface area contributed by atoms with Gasteiger partial charge in [-0.2, -0.15) is 0 Å². The van der Waals surface area contributed by atoms with Crippen molar-refractivity contribution in [1.29, 1.82) is 0 Å². The van der Waals surface area contributed by atoms with Crippen LogP contribution < -0.4 is 10.6 Å². The summed E-state index contributed by atoms with van der Waals surface area (Å²) < 4.78 is 0. The molecule has 1 fully saturated rings. The van der Waals surface area contributed by atoms with Crippen LogP contribution >= 0.6 is 11.6 Å². The second-order valence-corrected chi connectivity index (χ2v) is 7.47. The molecular formula is C20H21ClN4O3. The molecule has 0 unspecified atom stereocenters. The van der Waals surface area contributed by atoms with E-state index in [0.29, 0.717) is 17.2 Å². The van der Waals surface area contributed by atoms with Gasteiger partial charge in [0.2, 0.25) is 5.91 Å². The van der Waals surface area contributed by atoms with E-state index in [1.165, 1.54) is 6.20 Å². The number of carbonyl (C=O) groups is 3. The minimum Gasteiger partial charge on any atom is -0.322 e. The quantitative estimate of drug-likeness (QED) is 0.595. The van der Waals surface area contributed by atoms with Gasteiger partial charge in [0.1, 0.15) is 12.1 Å². The first-order valence-corrected chi connectivity index (χ1v) is 9.25. The summed E-state index contributed by atoms with van der Waals surface area (Å²) in [7, 11) is 0. The average molecular weight is 401 g/mol. The van der Waals surface area contributed by atoms with E-state index in [9.17, 15) is 14.4 Å². The predicted octanol–water partition coefficient (Wildman–Crippen LogP) is 3.26. The van der Waals surface area contributed by atoms with Gasteiger partial charge in [0.05, 0.1) is 5.69 Å². The van der Waals surface area contributed by atoms with Crippen LogP contribution in [0.1, 0.15) is 37.8 Å². The molecule has 7 nitrogen and oxygen atoms in total. The monoisotopic (exact) mass is 400 g/mol. The number of halogens is 1. The van der Waals surface area contributed by atoms with Crippen LogP contribution in [0, 0.1) is 0 Å². The SMILES string of the molecule is CC(C)c1ccc([C@@]2(C)NC(=O)N(CC(=O)Nc3cccnc3Cl)C2=O)cc1. The van der Waals surface area contributed by atoms with Gasteiger partial charge < -0.3 is 10.6 Å². The minimum atomic E-state index is -1.22. The van der Waals surface area contributed by atoms with Crippen molar-refractivity contribution < 1.29 is 14.4 Å². The van der Waals surface area contributed by atoms with Crippen LogP contribution in [-0.4, -0.2) is 34.3 Å². The Balaban J connectivity index is 1.75. The summed E-state index contributed by atoms with van der Waals surface area (Å²) in [6.07, 6.45) is 1.49. The number of hydrogen-bond acceptors (Lipinski definition) is 4. The fourth-order valence-electron chi connectivity index (χ4n) is 3.05. The van der Waals surface area contributed by atoms with Gasteiger partial charge >= 0.3 is 6.03 Å². The molecule has 0 spiro atoms. The second-order valence-electron chi connectivity index (χ2n) is 7.11. The number of carbonyl (C=O) groups excluding carboxylic acids is 3. The molecule has 4 amide bonds. The fourth-order valence-corrected chi connectivity index (χ4v) is 3.22. The zero-order valence-electron chi connectivity index (χ0n) is 15.8. The van der Waals surface area contributed by atoms with Gasteiger partial charge in [-0.15, -0.1) is 0 Å². The number of amides is 4. The first-order chi connectivity index (χ1) is 13.2. The van der Waals surface area contributed by atoms with Crippen LogP contribution in [0.4, 0.5) is 10.5 Å². The molecule has 28 heavy (non-hydrogen) atoms. The minimum absolute atomic E-state index is 0.128. The van der Waals surface area contributed by atoms with Crippen LogP contribution in [0.25, 0.3) is 0 Å². The maximum Gasteiger partial charge on any atom is 0.325 e. The molecule has 3 rings (SSSR count). The summed E-state index contributed by atoms with van der Waals surface area (Å²) in [5.74, 6) is -0.671. The Kier molecular flexibility index (Phi) is 5.38. The lowest BCUT2D eigenvalue weighted by Crippen LogP contribution is -2.42. The highest BCUT2D eigenvalue weighted by atomic mass is 35.5. The van der Waals surface area contributed by atoms with E-state index in [2.05, 4.69) is 29.5 Å². The van der Waals surface area contributed by atoms with Gasteiger partial charge in [0.15, 0.2) is 5.15 Å². The van der Waals surface area contributed by atoms with E-state index < -0.39 is 29.9 Å². The Labute approximate surface area is 168 Å². The van der Waals surface area contributed by atoms with Crippen molar-refractivity contribution in [2.75, 3.05) is 11.9 Å². The van der Waals surface area contributed by atoms with E-state index in [-0.39, 0.29) is 5.15 Å². The number of anilines is 1. The maximum absolute atomic E-state index is 12.9. The van der Waals surface area contributed by atoms with Crippen molar-refractivity contribution in [3.8, 4) is 0 Å². The summed E-state index contributed by atoms with van der Waals surface area (Å²) in [6, 6.07) is 10.1. The van der Waals surface area contributed by atoms with Gasteiger partial charge in [-0.3, -0.25) is 14.5 Å². The number of imide groups is 1. The molecule has 2 aromatic rings. The average Bonchev–Trinajstić information content (AvgIpc) is 2.88. The number of pyridine rings is 1. The molecule has 0 aliphatic carbocycles. The van der Waals surface area contributed by atoms with E-state index >= 15 is 0 Å². The number of nitrogens with zero attached hydrogens (tertiary/aromatic N) is 2. The normalized spacial score (nSPS) is 19.1. The first-order valence-electron chi connectivity index (χ1n) is 8.87. The van der Waals surface area contributed by atoms with Crippen LogP contribution in [0.15, 0.2) is 42.6 Å². The molecule has 0 saturated carbocycles. The topological polar surface area (TPSA) is 91.4 Å². The second kappa shape index (κ2) is 7.59. The third-order valence-electron chi connectivity index (χ3n) is 4.76. The molecular weight excluding hydrogens is 380 g/mol. The molecule has 1 aliphatic rings. The Morgan fingerprint density at radius 1 is 1.25 bits per heavy atom. The lowest BCUT2D eigenvalue weighted by atomic mass is 9.90. The highest BCUT2D eigenvalue weighted by molar-refractivity contribution is 6.32. The zero-order valence-corrected chi connectivity index (χ0v) is 16.6. The summed E-state index contributed by atoms with van der Waals surface area (Å²) >= 11 is 5.92. The molecule has 1 saturated heterocycles. The van der Waals surface area contributed by atoms with Crippen molar-refractivity contribution in [2.45, 2.75) is 32.2 Å². The summed E-state index contributed by atoms with van der Waals surface area (Å²) in [5, 5.41) is 5.38. The molecule has 1 aromatic heterocycles. The summed E-state index contributed by atoms with van der Waals surface area (Å²) in [5.41, 5.74) is 0.883. The maximum atomic E-state index is 12.9. The Morgan fingerprint density at radius 3 is 2.54 bits per heavy atom. The molecule has 0 bridgehead atoms. The Morgan fingerprint density at radius 2 is 1.93 bits per heavy atom. The lowest BCUT2D eigenvalue weighted by molar-refractivity contribution is -0.133. The van der Waals surface area contributed by atoms with Gasteiger partial charge in [-0.1, -0.05) is 49.7 Å². The highest BCUT2D eigenvalue weighted by Gasteiger charge is 2.49. The number of urea groups is 1. The van der Waals surface area contributed by atoms with Crippen molar-refractivity contribution >= 4 is 35.1 Å². The predicted molar refractivity (Wildman–Crippen MR) is 106 cm³/mol. The fraction of sp³-hybridized carbons (Fsp3) is 0.300. The smallest absolute Gasteiger partial charge is 0.322 e. The molecule has 1 aromatic carbocycles. The number of nitrogens with one attached hydrogen (secondary N) is 2. The van der Waals surface area contributed by atoms with E-state index in [1.807, 2.05) is 24.3 Å². The van der Waals surface area contributed by atoms with Gasteiger partial charge in [-0.05, 0) is 36.1 Å². The summed E-state index contributed by atoms with van der Waals surface area (Å²) in [6.45, 7) is 5.37. The Bertz CT molecular complexity index is 929. The zero-order chi connectivity index (χ0) is 20.5. The number of rotatable bonds is 5. The third kappa shape index (κ3) is 3.71. The van der Waals surface area contributed by atoms with Crippen molar-refractivity contribution in [1.82, 2.24) is 15.2 Å². The standard InChI is InChI=1S/C20H21ClN4O3/c1-12(2)13-6-8-14(9-7-13)20(3)18(27)25(19(28)24-20)11-16(26)23-15-5-4-10-22-17(15)21/h4-10,12H,11H2,1-3H3,(H,23,26)(H,24,28)/t20-/m1/s1. The van der Waals surface area contributed by atoms with Crippen molar-refractivity contribution in [3.63, 3.8) is 0 Å². The largest absolute Gasteiger partial charge is 0.325 e. The molecule has 2 heterocycles. The lowest BCUT2D eigenvalue weighted by Gasteiger charge is -2.22. The van der Waals surface area contributed by atoms with Crippen LogP contribution in [0.3, 0.4) is 0 Å². The van der Waals surface area contributed by atoms with Crippen LogP contribution in [-0.2, 0) is 15.1 Å². The molecule has 8 heteroatoms.